The number of ether oxygens (including phenoxy) is 3. The van der Waals surface area contributed by atoms with Crippen LogP contribution in [0.25, 0.3) is 11.0 Å². The molecule has 4 amide bonds. The van der Waals surface area contributed by atoms with Crippen molar-refractivity contribution < 1.29 is 50.6 Å². The summed E-state index contributed by atoms with van der Waals surface area (Å²) in [6, 6.07) is 2.68. The second-order valence-electron chi connectivity index (χ2n) is 18.5. The number of aromatic nitrogens is 2. The van der Waals surface area contributed by atoms with Gasteiger partial charge >= 0.3 is 6.09 Å². The molecule has 8 atom stereocenters. The van der Waals surface area contributed by atoms with Crippen LogP contribution >= 0.6 is 0 Å². The summed E-state index contributed by atoms with van der Waals surface area (Å²) in [4.78, 5) is 67.8. The van der Waals surface area contributed by atoms with Crippen molar-refractivity contribution in [1.82, 2.24) is 30.2 Å². The maximum absolute atomic E-state index is 14.9. The van der Waals surface area contributed by atoms with Crippen molar-refractivity contribution in [2.75, 3.05) is 13.7 Å². The second kappa shape index (κ2) is 15.3. The molecule has 5 aliphatic rings. The lowest BCUT2D eigenvalue weighted by Gasteiger charge is -2.36. The van der Waals surface area contributed by atoms with Crippen LogP contribution in [0.3, 0.4) is 0 Å². The van der Waals surface area contributed by atoms with Gasteiger partial charge in [-0.05, 0) is 75.8 Å². The van der Waals surface area contributed by atoms with E-state index in [2.05, 4.69) is 10.6 Å². The lowest BCUT2D eigenvalue weighted by molar-refractivity contribution is -0.143. The van der Waals surface area contributed by atoms with Crippen LogP contribution in [0.2, 0.25) is 0 Å². The lowest BCUT2D eigenvalue weighted by atomic mass is 9.85. The molecule has 2 aliphatic heterocycles. The van der Waals surface area contributed by atoms with Crippen molar-refractivity contribution in [1.29, 1.82) is 0 Å². The van der Waals surface area contributed by atoms with Crippen LogP contribution in [-0.4, -0.2) is 101 Å². The van der Waals surface area contributed by atoms with Crippen molar-refractivity contribution in [3.63, 3.8) is 0 Å². The Labute approximate surface area is 343 Å². The predicted molar refractivity (Wildman–Crippen MR) is 211 cm³/mol. The molecule has 15 nitrogen and oxygen atoms in total. The number of sulfonamides is 1. The molecule has 3 N–H and O–H groups in total. The van der Waals surface area contributed by atoms with Crippen molar-refractivity contribution in [2.24, 2.45) is 23.2 Å². The third-order valence-corrected chi connectivity index (χ3v) is 15.5. The number of fused-ring (bicyclic) bond motifs is 5. The molecule has 7 rings (SSSR count). The van der Waals surface area contributed by atoms with Gasteiger partial charge in [0.15, 0.2) is 0 Å². The van der Waals surface area contributed by atoms with Crippen molar-refractivity contribution in [2.45, 2.75) is 146 Å². The normalized spacial score (nSPS) is 32.0. The summed E-state index contributed by atoms with van der Waals surface area (Å²) >= 11 is 0. The summed E-state index contributed by atoms with van der Waals surface area (Å²) in [7, 11) is -2.71. The van der Waals surface area contributed by atoms with Gasteiger partial charge in [0.1, 0.15) is 40.8 Å². The molecule has 324 valence electrons. The molecular formula is C41H56F2N6O9S. The zero-order chi connectivity index (χ0) is 42.9. The van der Waals surface area contributed by atoms with E-state index in [1.54, 1.807) is 45.9 Å². The van der Waals surface area contributed by atoms with E-state index in [9.17, 15) is 36.4 Å². The van der Waals surface area contributed by atoms with Gasteiger partial charge in [-0.3, -0.25) is 19.1 Å². The summed E-state index contributed by atoms with van der Waals surface area (Å²) in [5.41, 5.74) is -2.13. The molecule has 2 bridgehead atoms. The highest BCUT2D eigenvalue weighted by atomic mass is 32.2. The number of halogens is 2. The fourth-order valence-electron chi connectivity index (χ4n) is 8.78. The van der Waals surface area contributed by atoms with Gasteiger partial charge in [-0.25, -0.2) is 32.0 Å². The number of benzene rings is 1. The predicted octanol–water partition coefficient (Wildman–Crippen LogP) is 4.80. The van der Waals surface area contributed by atoms with Crippen molar-refractivity contribution >= 4 is 44.9 Å². The quantitative estimate of drug-likeness (QED) is 0.331. The monoisotopic (exact) mass is 846 g/mol. The van der Waals surface area contributed by atoms with E-state index in [1.165, 1.54) is 18.9 Å². The highest BCUT2D eigenvalue weighted by Crippen LogP contribution is 2.53. The minimum Gasteiger partial charge on any atom is -0.497 e. The molecule has 4 fully saturated rings. The number of aryl methyl sites for hydroxylation is 1. The standard InChI is InChI=1S/C41H56F2N6O9S/c1-8-40-19-23(40)12-10-9-11-13-27-34(45-28-18-24(56-7)14-15-26(28)44-27)57-29-21-49(35(51)31(38(3,4)5)46-37(53)58-40)30(22(29)2)33(50)47-41(20-25(41)32(42)43)36(52)48-59(54,55)39(6)16-17-39/h14-15,18,22-23,25,29-32H,8-13,16-17,19-21H2,1-7H3,(H,46,53)(H,47,50)(H,48,52)/t22-,23+,25+,29+,30?,31-,40+,41-/m1/s1. The third kappa shape index (κ3) is 8.13. The number of rotatable bonds is 8. The Morgan fingerprint density at radius 1 is 1.10 bits per heavy atom. The molecule has 1 aromatic heterocycles. The van der Waals surface area contributed by atoms with Gasteiger partial charge in [-0.15, -0.1) is 0 Å². The van der Waals surface area contributed by atoms with E-state index in [4.69, 9.17) is 24.2 Å². The minimum atomic E-state index is -4.24. The third-order valence-electron chi connectivity index (χ3n) is 13.3. The summed E-state index contributed by atoms with van der Waals surface area (Å²) in [5, 5.41) is 5.28. The van der Waals surface area contributed by atoms with Gasteiger partial charge in [0, 0.05) is 17.9 Å². The summed E-state index contributed by atoms with van der Waals surface area (Å²) in [6.45, 7) is 10.1. The van der Waals surface area contributed by atoms with Crippen LogP contribution in [0.5, 0.6) is 11.6 Å². The summed E-state index contributed by atoms with van der Waals surface area (Å²) < 4.78 is 73.7. The Hall–Kier alpha value is -4.35. The highest BCUT2D eigenvalue weighted by Gasteiger charge is 2.68. The largest absolute Gasteiger partial charge is 0.497 e. The molecule has 2 aromatic rings. The number of alkyl carbamates (subject to hydrolysis) is 1. The Morgan fingerprint density at radius 3 is 2.46 bits per heavy atom. The molecule has 0 radical (unpaired) electrons. The topological polar surface area (TPSA) is 195 Å². The maximum Gasteiger partial charge on any atom is 0.408 e. The summed E-state index contributed by atoms with van der Waals surface area (Å²) in [6.07, 6.45) is 0.532. The van der Waals surface area contributed by atoms with Gasteiger partial charge in [0.2, 0.25) is 34.1 Å². The van der Waals surface area contributed by atoms with Gasteiger partial charge in [-0.1, -0.05) is 47.5 Å². The SMILES string of the molecule is CC[C@]12C[C@@H]1CCCCCc1nc3ccc(OC)cc3nc1O[C@H]1CN(C(=O)[C@H](C(C)(C)C)NC(=O)O2)C(C(=O)N[C@]2(C(=O)NS(=O)(=O)C3(C)CC3)C[C@H]2C(F)F)[C@@H]1C. The van der Waals surface area contributed by atoms with Crippen molar-refractivity contribution in [3.05, 3.63) is 23.9 Å². The zero-order valence-corrected chi connectivity index (χ0v) is 35.5. The van der Waals surface area contributed by atoms with E-state index in [0.717, 1.165) is 25.7 Å². The zero-order valence-electron chi connectivity index (χ0n) is 34.7. The molecule has 0 spiro atoms. The van der Waals surface area contributed by atoms with Crippen LogP contribution in [-0.2, 0) is 35.6 Å². The number of nitrogens with zero attached hydrogens (tertiary/aromatic N) is 3. The Balaban J connectivity index is 1.26. The molecule has 59 heavy (non-hydrogen) atoms. The first-order valence-corrected chi connectivity index (χ1v) is 22.1. The van der Waals surface area contributed by atoms with Gasteiger partial charge in [0.25, 0.3) is 5.91 Å². The fraction of sp³-hybridized carbons (Fsp3) is 0.707. The van der Waals surface area contributed by atoms with E-state index in [1.807, 2.05) is 11.6 Å². The number of carbonyl (C=O) groups is 4. The maximum atomic E-state index is 14.9. The van der Waals surface area contributed by atoms with Crippen LogP contribution in [0, 0.1) is 23.2 Å². The van der Waals surface area contributed by atoms with E-state index in [-0.39, 0.29) is 18.3 Å². The summed E-state index contributed by atoms with van der Waals surface area (Å²) in [5.74, 6) is -4.47. The molecule has 3 saturated carbocycles. The number of methoxy groups -OCH3 is 1. The van der Waals surface area contributed by atoms with Crippen LogP contribution in [0.1, 0.15) is 105 Å². The first-order valence-electron chi connectivity index (χ1n) is 20.7. The van der Waals surface area contributed by atoms with Crippen LogP contribution < -0.4 is 24.8 Å². The number of alkyl halides is 2. The number of amides is 4. The van der Waals surface area contributed by atoms with Gasteiger partial charge in [0.05, 0.1) is 35.4 Å². The molecule has 1 saturated heterocycles. The molecule has 1 aromatic carbocycles. The molecule has 3 heterocycles. The molecule has 3 aliphatic carbocycles. The number of hydrogen-bond donors (Lipinski definition) is 3. The number of hydrogen-bond acceptors (Lipinski definition) is 11. The van der Waals surface area contributed by atoms with Crippen LogP contribution in [0.15, 0.2) is 18.2 Å². The minimum absolute atomic E-state index is 0.162. The van der Waals surface area contributed by atoms with E-state index in [0.29, 0.717) is 54.6 Å². The van der Waals surface area contributed by atoms with E-state index < -0.39 is 98.0 Å². The molecule has 18 heteroatoms. The van der Waals surface area contributed by atoms with Gasteiger partial charge in [-0.2, -0.15) is 0 Å². The number of nitrogens with one attached hydrogen (secondary N) is 3. The van der Waals surface area contributed by atoms with E-state index >= 15 is 0 Å². The smallest absolute Gasteiger partial charge is 0.408 e. The first-order chi connectivity index (χ1) is 27.7. The first kappa shape index (κ1) is 42.8. The highest BCUT2D eigenvalue weighted by molar-refractivity contribution is 7.91. The lowest BCUT2D eigenvalue weighted by Crippen LogP contribution is -2.61. The number of carbonyl (C=O) groups excluding carboxylic acids is 4. The Bertz CT molecular complexity index is 2130. The van der Waals surface area contributed by atoms with Gasteiger partial charge < -0.3 is 29.7 Å². The molecular weight excluding hydrogens is 791 g/mol. The Kier molecular flexibility index (Phi) is 11.1. The Morgan fingerprint density at radius 2 is 1.83 bits per heavy atom. The fourth-order valence-corrected chi connectivity index (χ4v) is 10.1. The van der Waals surface area contributed by atoms with Crippen molar-refractivity contribution in [3.8, 4) is 11.6 Å². The average molecular weight is 847 g/mol. The van der Waals surface area contributed by atoms with Crippen LogP contribution in [0.4, 0.5) is 13.6 Å². The second-order valence-corrected chi connectivity index (χ2v) is 20.7. The molecule has 1 unspecified atom stereocenters. The average Bonchev–Trinajstić information content (AvgIpc) is 4.12.